The Balaban J connectivity index is 1.99. The molecule has 0 aliphatic heterocycles. The lowest BCUT2D eigenvalue weighted by atomic mass is 9.83. The van der Waals surface area contributed by atoms with Gasteiger partial charge in [0, 0.05) is 22.9 Å². The standard InChI is InChI=1S/C17H19NS/c1-17-8-6-12(10-17)14(16(17)18-2)13-5-3-4-11-7-9-19-15(11)13/h3-5,7,9,12,18H,6,8,10H2,1-2H3/t12-,17+/m1/s1. The second-order valence-corrected chi connectivity index (χ2v) is 7.10. The minimum absolute atomic E-state index is 0.397. The van der Waals surface area contributed by atoms with Crippen molar-refractivity contribution in [3.8, 4) is 0 Å². The summed E-state index contributed by atoms with van der Waals surface area (Å²) in [6.07, 6.45) is 4.04. The predicted molar refractivity (Wildman–Crippen MR) is 83.3 cm³/mol. The van der Waals surface area contributed by atoms with Crippen LogP contribution in [0.1, 0.15) is 31.7 Å². The lowest BCUT2D eigenvalue weighted by molar-refractivity contribution is 0.404. The van der Waals surface area contributed by atoms with Gasteiger partial charge in [0.15, 0.2) is 0 Å². The average molecular weight is 269 g/mol. The second-order valence-electron chi connectivity index (χ2n) is 6.18. The summed E-state index contributed by atoms with van der Waals surface area (Å²) in [6, 6.07) is 8.98. The number of allylic oxidation sites excluding steroid dienone is 2. The molecule has 1 fully saturated rings. The van der Waals surface area contributed by atoms with E-state index in [0.717, 1.165) is 5.92 Å². The lowest BCUT2D eigenvalue weighted by Crippen LogP contribution is -2.23. The van der Waals surface area contributed by atoms with E-state index in [9.17, 15) is 0 Å². The topological polar surface area (TPSA) is 12.0 Å². The summed E-state index contributed by atoms with van der Waals surface area (Å²) < 4.78 is 1.46. The molecule has 19 heavy (non-hydrogen) atoms. The fourth-order valence-corrected chi connectivity index (χ4v) is 5.17. The Kier molecular flexibility index (Phi) is 2.34. The number of rotatable bonds is 2. The Labute approximate surface area is 118 Å². The van der Waals surface area contributed by atoms with Crippen molar-refractivity contribution in [3.05, 3.63) is 40.9 Å². The highest BCUT2D eigenvalue weighted by molar-refractivity contribution is 7.17. The summed E-state index contributed by atoms with van der Waals surface area (Å²) >= 11 is 1.88. The van der Waals surface area contributed by atoms with Crippen molar-refractivity contribution in [2.24, 2.45) is 11.3 Å². The maximum absolute atomic E-state index is 3.53. The van der Waals surface area contributed by atoms with E-state index in [0.29, 0.717) is 5.41 Å². The smallest absolute Gasteiger partial charge is 0.0418 e. The number of nitrogens with one attached hydrogen (secondary N) is 1. The van der Waals surface area contributed by atoms with E-state index in [-0.39, 0.29) is 0 Å². The highest BCUT2D eigenvalue weighted by Gasteiger charge is 2.47. The molecule has 98 valence electrons. The molecular weight excluding hydrogens is 250 g/mol. The molecule has 1 saturated carbocycles. The van der Waals surface area contributed by atoms with Crippen molar-refractivity contribution in [1.29, 1.82) is 0 Å². The van der Waals surface area contributed by atoms with Gasteiger partial charge in [0.05, 0.1) is 0 Å². The highest BCUT2D eigenvalue weighted by Crippen LogP contribution is 2.59. The molecule has 2 aliphatic carbocycles. The summed E-state index contributed by atoms with van der Waals surface area (Å²) in [6.45, 7) is 2.43. The van der Waals surface area contributed by atoms with Crippen LogP contribution in [0.25, 0.3) is 15.7 Å². The fourth-order valence-electron chi connectivity index (χ4n) is 4.24. The van der Waals surface area contributed by atoms with E-state index >= 15 is 0 Å². The van der Waals surface area contributed by atoms with Crippen molar-refractivity contribution < 1.29 is 0 Å². The maximum atomic E-state index is 3.53. The number of fused-ring (bicyclic) bond motifs is 3. The molecule has 2 bridgehead atoms. The first kappa shape index (κ1) is 11.5. The van der Waals surface area contributed by atoms with Gasteiger partial charge >= 0.3 is 0 Å². The van der Waals surface area contributed by atoms with Crippen molar-refractivity contribution in [3.63, 3.8) is 0 Å². The van der Waals surface area contributed by atoms with E-state index in [1.807, 2.05) is 11.3 Å². The molecule has 2 heteroatoms. The van der Waals surface area contributed by atoms with Crippen molar-refractivity contribution >= 4 is 27.0 Å². The zero-order chi connectivity index (χ0) is 13.0. The maximum Gasteiger partial charge on any atom is 0.0418 e. The summed E-state index contributed by atoms with van der Waals surface area (Å²) in [5.74, 6) is 0.764. The number of hydrogen-bond acceptors (Lipinski definition) is 2. The molecule has 0 unspecified atom stereocenters. The molecule has 1 N–H and O–H groups in total. The van der Waals surface area contributed by atoms with Crippen LogP contribution in [0, 0.1) is 11.3 Å². The molecule has 1 heterocycles. The number of benzene rings is 1. The Morgan fingerprint density at radius 2 is 2.21 bits per heavy atom. The van der Waals surface area contributed by atoms with Gasteiger partial charge in [-0.2, -0.15) is 0 Å². The van der Waals surface area contributed by atoms with Crippen molar-refractivity contribution in [2.75, 3.05) is 7.05 Å². The monoisotopic (exact) mass is 269 g/mol. The highest BCUT2D eigenvalue weighted by atomic mass is 32.1. The quantitative estimate of drug-likeness (QED) is 0.836. The first-order chi connectivity index (χ1) is 9.23. The van der Waals surface area contributed by atoms with Crippen LogP contribution in [0.4, 0.5) is 0 Å². The van der Waals surface area contributed by atoms with Crippen LogP contribution in [0.3, 0.4) is 0 Å². The van der Waals surface area contributed by atoms with Gasteiger partial charge in [-0.25, -0.2) is 0 Å². The van der Waals surface area contributed by atoms with Crippen LogP contribution in [0.5, 0.6) is 0 Å². The Bertz CT molecular complexity index is 681. The van der Waals surface area contributed by atoms with Gasteiger partial charge < -0.3 is 5.32 Å². The average Bonchev–Trinajstić information content (AvgIpc) is 3.08. The normalized spacial score (nSPS) is 29.5. The molecule has 1 aromatic heterocycles. The molecule has 1 aromatic carbocycles. The molecule has 4 rings (SSSR count). The van der Waals surface area contributed by atoms with E-state index in [1.165, 1.54) is 40.6 Å². The molecule has 2 aromatic rings. The minimum atomic E-state index is 0.397. The third-order valence-electron chi connectivity index (χ3n) is 5.04. The van der Waals surface area contributed by atoms with Crippen LogP contribution < -0.4 is 5.32 Å². The zero-order valence-corrected chi connectivity index (χ0v) is 12.3. The van der Waals surface area contributed by atoms with E-state index in [2.05, 4.69) is 48.9 Å². The van der Waals surface area contributed by atoms with Gasteiger partial charge in [-0.1, -0.05) is 25.1 Å². The molecule has 0 amide bonds. The first-order valence-corrected chi connectivity index (χ1v) is 8.00. The van der Waals surface area contributed by atoms with Gasteiger partial charge in [-0.05, 0) is 53.1 Å². The first-order valence-electron chi connectivity index (χ1n) is 7.12. The van der Waals surface area contributed by atoms with E-state index in [1.54, 1.807) is 5.57 Å². The molecule has 0 radical (unpaired) electrons. The third-order valence-corrected chi connectivity index (χ3v) is 6.01. The van der Waals surface area contributed by atoms with Gasteiger partial charge in [0.2, 0.25) is 0 Å². The van der Waals surface area contributed by atoms with Gasteiger partial charge in [-0.3, -0.25) is 0 Å². The van der Waals surface area contributed by atoms with Crippen LogP contribution in [-0.4, -0.2) is 7.05 Å². The Hall–Kier alpha value is -1.28. The largest absolute Gasteiger partial charge is 0.391 e. The molecule has 2 aliphatic rings. The summed E-state index contributed by atoms with van der Waals surface area (Å²) in [5, 5.41) is 7.12. The van der Waals surface area contributed by atoms with Crippen molar-refractivity contribution in [2.45, 2.75) is 26.2 Å². The minimum Gasteiger partial charge on any atom is -0.391 e. The third kappa shape index (κ3) is 1.47. The van der Waals surface area contributed by atoms with Gasteiger partial charge in [-0.15, -0.1) is 11.3 Å². The summed E-state index contributed by atoms with van der Waals surface area (Å²) in [5.41, 5.74) is 4.98. The lowest BCUT2D eigenvalue weighted by Gasteiger charge is -2.27. The molecule has 1 nitrogen and oxygen atoms in total. The van der Waals surface area contributed by atoms with Gasteiger partial charge in [0.1, 0.15) is 0 Å². The van der Waals surface area contributed by atoms with E-state index < -0.39 is 0 Å². The molecule has 0 saturated heterocycles. The van der Waals surface area contributed by atoms with Crippen molar-refractivity contribution in [1.82, 2.24) is 5.32 Å². The molecule has 2 atom stereocenters. The Morgan fingerprint density at radius 3 is 3.05 bits per heavy atom. The molecular formula is C17H19NS. The summed E-state index contributed by atoms with van der Waals surface area (Å²) in [7, 11) is 2.09. The zero-order valence-electron chi connectivity index (χ0n) is 11.5. The van der Waals surface area contributed by atoms with Crippen LogP contribution >= 0.6 is 11.3 Å². The van der Waals surface area contributed by atoms with Gasteiger partial charge in [0.25, 0.3) is 0 Å². The predicted octanol–water partition coefficient (Wildman–Crippen LogP) is 4.65. The van der Waals surface area contributed by atoms with Crippen LogP contribution in [0.15, 0.2) is 35.3 Å². The molecule has 0 spiro atoms. The Morgan fingerprint density at radius 1 is 1.32 bits per heavy atom. The SMILES string of the molecule is CNC1=C(c2cccc3ccsc23)[C@@H]2CC[C@@]1(C)C2. The fraction of sp³-hybridized carbons (Fsp3) is 0.412. The van der Waals surface area contributed by atoms with Crippen LogP contribution in [-0.2, 0) is 0 Å². The number of thiophene rings is 1. The van der Waals surface area contributed by atoms with E-state index in [4.69, 9.17) is 0 Å². The summed E-state index contributed by atoms with van der Waals surface area (Å²) in [4.78, 5) is 0. The number of hydrogen-bond donors (Lipinski definition) is 1. The second kappa shape index (κ2) is 3.86. The van der Waals surface area contributed by atoms with Crippen LogP contribution in [0.2, 0.25) is 0 Å².